The highest BCUT2D eigenvalue weighted by atomic mass is 16.1. The molecule has 0 atom stereocenters. The van der Waals surface area contributed by atoms with Gasteiger partial charge in [0.15, 0.2) is 0 Å². The molecule has 0 rings (SSSR count). The molecule has 1 N–H and O–H groups in total. The van der Waals surface area contributed by atoms with Gasteiger partial charge >= 0.3 is 0 Å². The van der Waals surface area contributed by atoms with Crippen LogP contribution in [0.1, 0.15) is 13.8 Å². The molecule has 9 heavy (non-hydrogen) atoms. The molecule has 2 heteroatoms. The van der Waals surface area contributed by atoms with E-state index in [4.69, 9.17) is 4.79 Å². The average Bonchev–Trinajstić information content (AvgIpc) is 1.91. The van der Waals surface area contributed by atoms with Gasteiger partial charge in [0, 0.05) is 0 Å². The molecule has 0 fully saturated rings. The Morgan fingerprint density at radius 3 is 1.89 bits per heavy atom. The van der Waals surface area contributed by atoms with E-state index in [2.05, 4.69) is 25.7 Å². The second-order valence-electron chi connectivity index (χ2n) is 1.28. The molecular weight excluding hydrogens is 114 g/mol. The zero-order valence-corrected chi connectivity index (χ0v) is 6.11. The van der Waals surface area contributed by atoms with Crippen molar-refractivity contribution in [2.24, 2.45) is 0 Å². The van der Waals surface area contributed by atoms with Crippen LogP contribution < -0.4 is 5.32 Å². The van der Waals surface area contributed by atoms with Crippen molar-refractivity contribution >= 4 is 6.29 Å². The molecule has 0 aliphatic carbocycles. The van der Waals surface area contributed by atoms with Crippen molar-refractivity contribution in [1.82, 2.24) is 5.32 Å². The molecule has 0 saturated carbocycles. The Bertz CT molecular complexity index is 53.9. The zero-order valence-electron chi connectivity index (χ0n) is 6.11. The van der Waals surface area contributed by atoms with Crippen molar-refractivity contribution in [2.45, 2.75) is 13.8 Å². The van der Waals surface area contributed by atoms with Crippen molar-refractivity contribution in [3.05, 3.63) is 12.7 Å². The third kappa shape index (κ3) is 37.8. The second kappa shape index (κ2) is 15.7. The highest BCUT2D eigenvalue weighted by Gasteiger charge is 1.62. The van der Waals surface area contributed by atoms with E-state index >= 15 is 0 Å². The number of rotatable bonds is 3. The van der Waals surface area contributed by atoms with Crippen LogP contribution in [0.25, 0.3) is 0 Å². The maximum absolute atomic E-state index is 8.93. The first kappa shape index (κ1) is 11.2. The predicted molar refractivity (Wildman–Crippen MR) is 40.1 cm³/mol. The summed E-state index contributed by atoms with van der Waals surface area (Å²) in [7, 11) is 0. The van der Waals surface area contributed by atoms with Gasteiger partial charge in [0.2, 0.25) is 6.29 Å². The van der Waals surface area contributed by atoms with Crippen molar-refractivity contribution in [2.75, 3.05) is 13.1 Å². The Hall–Kier alpha value is -0.630. The van der Waals surface area contributed by atoms with Gasteiger partial charge in [-0.2, -0.15) is 0 Å². The summed E-state index contributed by atoms with van der Waals surface area (Å²) in [6.45, 7) is 9.44. The van der Waals surface area contributed by atoms with Crippen molar-refractivity contribution in [1.29, 1.82) is 0 Å². The van der Waals surface area contributed by atoms with Crippen LogP contribution in [0.2, 0.25) is 0 Å². The predicted octanol–water partition coefficient (Wildman–Crippen LogP) is 0.898. The smallest absolute Gasteiger partial charge is 0.225 e. The number of hydrogen-bond acceptors (Lipinski definition) is 2. The van der Waals surface area contributed by atoms with Crippen LogP contribution in [0.5, 0.6) is 0 Å². The molecule has 0 aliphatic heterocycles. The van der Waals surface area contributed by atoms with E-state index in [9.17, 15) is 0 Å². The second-order valence-corrected chi connectivity index (χ2v) is 1.28. The fourth-order valence-corrected chi connectivity index (χ4v) is 0.250. The molecule has 0 aromatic rings. The molecule has 0 spiro atoms. The average molecular weight is 128 g/mol. The van der Waals surface area contributed by atoms with Gasteiger partial charge < -0.3 is 5.32 Å². The molecule has 0 heterocycles. The fraction of sp³-hybridized carbons (Fsp3) is 0.571. The number of nitrogens with one attached hydrogen (secondary N) is 1. The van der Waals surface area contributed by atoms with Crippen LogP contribution in [0.3, 0.4) is 0 Å². The molecule has 0 aliphatic rings. The summed E-state index contributed by atoms with van der Waals surface area (Å²) < 4.78 is 0. The molecule has 1 radical (unpaired) electrons. The van der Waals surface area contributed by atoms with Gasteiger partial charge in [-0.05, 0) is 19.2 Å². The minimum atomic E-state index is 1.07. The zero-order chi connectivity index (χ0) is 7.54. The number of allylic oxidation sites excluding steroid dienone is 1. The third-order valence-electron chi connectivity index (χ3n) is 0.583. The lowest BCUT2D eigenvalue weighted by molar-refractivity contribution is 0.564. The summed E-state index contributed by atoms with van der Waals surface area (Å²) >= 11 is 0. The highest BCUT2D eigenvalue weighted by molar-refractivity contribution is 5.64. The van der Waals surface area contributed by atoms with E-state index in [1.165, 1.54) is 6.29 Å². The first-order valence-electron chi connectivity index (χ1n) is 3.02. The lowest BCUT2D eigenvalue weighted by Gasteiger charge is -1.86. The Kier molecular flexibility index (Phi) is 19.5. The fourth-order valence-electron chi connectivity index (χ4n) is 0.250. The van der Waals surface area contributed by atoms with Crippen molar-refractivity contribution in [3.8, 4) is 0 Å². The third-order valence-corrected chi connectivity index (χ3v) is 0.583. The van der Waals surface area contributed by atoms with Crippen LogP contribution in [-0.4, -0.2) is 19.4 Å². The quantitative estimate of drug-likeness (QED) is 0.572. The molecule has 53 valence electrons. The summed E-state index contributed by atoms with van der Waals surface area (Å²) in [4.78, 5) is 8.93. The first-order chi connectivity index (χ1) is 4.33. The van der Waals surface area contributed by atoms with Crippen molar-refractivity contribution < 1.29 is 4.79 Å². The lowest BCUT2D eigenvalue weighted by atomic mass is 10.7. The topological polar surface area (TPSA) is 29.1 Å². The summed E-state index contributed by atoms with van der Waals surface area (Å²) in [6, 6.07) is 0. The van der Waals surface area contributed by atoms with E-state index in [0.717, 1.165) is 19.2 Å². The largest absolute Gasteiger partial charge is 0.317 e. The van der Waals surface area contributed by atoms with Crippen LogP contribution >= 0.6 is 0 Å². The molecule has 0 aromatic carbocycles. The summed E-state index contributed by atoms with van der Waals surface area (Å²) in [5.74, 6) is 0. The monoisotopic (exact) mass is 128 g/mol. The molecule has 0 aromatic heterocycles. The van der Waals surface area contributed by atoms with Gasteiger partial charge in [-0.15, -0.1) is 0 Å². The Morgan fingerprint density at radius 1 is 1.56 bits per heavy atom. The molecule has 0 unspecified atom stereocenters. The Balaban J connectivity index is 0. The van der Waals surface area contributed by atoms with E-state index < -0.39 is 0 Å². The van der Waals surface area contributed by atoms with Gasteiger partial charge in [-0.3, -0.25) is 4.79 Å². The van der Waals surface area contributed by atoms with E-state index in [0.29, 0.717) is 0 Å². The molecule has 0 amide bonds. The highest BCUT2D eigenvalue weighted by Crippen LogP contribution is 1.47. The van der Waals surface area contributed by atoms with E-state index in [1.807, 2.05) is 0 Å². The summed E-state index contributed by atoms with van der Waals surface area (Å²) in [5.41, 5.74) is 0. The number of hydrogen-bond donors (Lipinski definition) is 1. The molecular formula is C7H14NO. The van der Waals surface area contributed by atoms with Gasteiger partial charge in [0.1, 0.15) is 0 Å². The Labute approximate surface area is 57.0 Å². The summed E-state index contributed by atoms with van der Waals surface area (Å²) in [6.07, 6.45) is 2.51. The minimum absolute atomic E-state index is 1.07. The number of carbonyl (C=O) groups excluding carboxylic acids is 1. The SMILES string of the molecule is C=C[C]=O.CCNCC. The van der Waals surface area contributed by atoms with E-state index in [-0.39, 0.29) is 0 Å². The van der Waals surface area contributed by atoms with Crippen LogP contribution in [0, 0.1) is 0 Å². The molecule has 0 saturated heterocycles. The minimum Gasteiger partial charge on any atom is -0.317 e. The van der Waals surface area contributed by atoms with Crippen LogP contribution in [0.15, 0.2) is 12.7 Å². The van der Waals surface area contributed by atoms with Crippen LogP contribution in [0.4, 0.5) is 0 Å². The van der Waals surface area contributed by atoms with Crippen molar-refractivity contribution in [3.63, 3.8) is 0 Å². The van der Waals surface area contributed by atoms with Crippen LogP contribution in [-0.2, 0) is 4.79 Å². The first-order valence-corrected chi connectivity index (χ1v) is 3.02. The maximum Gasteiger partial charge on any atom is 0.225 e. The Morgan fingerprint density at radius 2 is 1.89 bits per heavy atom. The van der Waals surface area contributed by atoms with Gasteiger partial charge in [0.25, 0.3) is 0 Å². The van der Waals surface area contributed by atoms with Gasteiger partial charge in [-0.25, -0.2) is 0 Å². The maximum atomic E-state index is 8.93. The standard InChI is InChI=1S/C4H11N.C3H3O/c1-3-5-4-2;1-2-3-4/h5H,3-4H2,1-2H3;2H,1H2. The summed E-state index contributed by atoms with van der Waals surface area (Å²) in [5, 5.41) is 3.11. The molecule has 2 nitrogen and oxygen atoms in total. The molecule has 0 bridgehead atoms. The van der Waals surface area contributed by atoms with Gasteiger partial charge in [0.05, 0.1) is 0 Å². The van der Waals surface area contributed by atoms with E-state index in [1.54, 1.807) is 0 Å². The van der Waals surface area contributed by atoms with Gasteiger partial charge in [-0.1, -0.05) is 20.4 Å². The normalized spacial score (nSPS) is 6.89. The lowest BCUT2D eigenvalue weighted by Crippen LogP contribution is -2.09.